The summed E-state index contributed by atoms with van der Waals surface area (Å²) in [5.41, 5.74) is 4.99. The largest absolute Gasteiger partial charge is 0.465 e. The van der Waals surface area contributed by atoms with Gasteiger partial charge in [0.1, 0.15) is 0 Å². The molecule has 0 N–H and O–H groups in total. The van der Waals surface area contributed by atoms with Crippen molar-refractivity contribution < 1.29 is 19.1 Å². The van der Waals surface area contributed by atoms with E-state index in [9.17, 15) is 9.59 Å². The molecular formula is C25H24O4. The Morgan fingerprint density at radius 2 is 1.52 bits per heavy atom. The van der Waals surface area contributed by atoms with E-state index in [1.807, 2.05) is 24.3 Å². The molecule has 29 heavy (non-hydrogen) atoms. The van der Waals surface area contributed by atoms with Crippen LogP contribution in [0.25, 0.3) is 10.8 Å². The fourth-order valence-electron chi connectivity index (χ4n) is 4.45. The lowest BCUT2D eigenvalue weighted by molar-refractivity contribution is 0.0583. The minimum absolute atomic E-state index is 0.338. The normalized spacial score (nSPS) is 13.0. The van der Waals surface area contributed by atoms with Gasteiger partial charge in [-0.05, 0) is 71.2 Å². The van der Waals surface area contributed by atoms with Crippen molar-refractivity contribution in [1.82, 2.24) is 0 Å². The van der Waals surface area contributed by atoms with Crippen molar-refractivity contribution in [2.45, 2.75) is 32.1 Å². The molecule has 0 saturated heterocycles. The van der Waals surface area contributed by atoms with Crippen molar-refractivity contribution >= 4 is 22.7 Å². The average Bonchev–Trinajstić information content (AvgIpc) is 2.77. The summed E-state index contributed by atoms with van der Waals surface area (Å²) in [6.45, 7) is 0. The second kappa shape index (κ2) is 8.08. The Bertz CT molecular complexity index is 1090. The highest BCUT2D eigenvalue weighted by Gasteiger charge is 2.27. The molecular weight excluding hydrogens is 364 g/mol. The lowest BCUT2D eigenvalue weighted by atomic mass is 9.81. The molecule has 4 rings (SSSR count). The standard InChI is InChI=1S/C25H24O4/c1-28-24(26)22-15-18(14-17-10-7-9-16-8-3-4-11-19(16)17)23(25(27)29-2)21-13-6-5-12-20(21)22/h3-4,7-11,15H,5-6,12-14H2,1-2H3. The summed E-state index contributed by atoms with van der Waals surface area (Å²) in [4.78, 5) is 25.3. The maximum absolute atomic E-state index is 12.8. The van der Waals surface area contributed by atoms with Crippen molar-refractivity contribution in [2.75, 3.05) is 14.2 Å². The highest BCUT2D eigenvalue weighted by molar-refractivity contribution is 5.98. The molecule has 0 fully saturated rings. The second-order valence-corrected chi connectivity index (χ2v) is 7.42. The summed E-state index contributed by atoms with van der Waals surface area (Å²) >= 11 is 0. The molecule has 1 aliphatic carbocycles. The minimum atomic E-state index is -0.348. The fourth-order valence-corrected chi connectivity index (χ4v) is 4.45. The molecule has 0 atom stereocenters. The van der Waals surface area contributed by atoms with Gasteiger partial charge in [-0.1, -0.05) is 42.5 Å². The van der Waals surface area contributed by atoms with Crippen molar-refractivity contribution in [1.29, 1.82) is 0 Å². The van der Waals surface area contributed by atoms with Crippen LogP contribution in [0, 0.1) is 0 Å². The van der Waals surface area contributed by atoms with Crippen LogP contribution in [0.2, 0.25) is 0 Å². The number of benzene rings is 3. The minimum Gasteiger partial charge on any atom is -0.465 e. The molecule has 0 heterocycles. The zero-order valence-corrected chi connectivity index (χ0v) is 16.8. The van der Waals surface area contributed by atoms with Crippen LogP contribution in [0.1, 0.15) is 55.8 Å². The molecule has 0 spiro atoms. The first-order valence-corrected chi connectivity index (χ1v) is 9.95. The van der Waals surface area contributed by atoms with Gasteiger partial charge in [-0.15, -0.1) is 0 Å². The van der Waals surface area contributed by atoms with E-state index in [1.165, 1.54) is 14.2 Å². The average molecular weight is 388 g/mol. The number of esters is 2. The molecule has 4 nitrogen and oxygen atoms in total. The third-order valence-corrected chi connectivity index (χ3v) is 5.79. The van der Waals surface area contributed by atoms with Gasteiger partial charge in [-0.3, -0.25) is 0 Å². The van der Waals surface area contributed by atoms with Crippen LogP contribution in [0.15, 0.2) is 48.5 Å². The lowest BCUT2D eigenvalue weighted by Gasteiger charge is -2.24. The van der Waals surface area contributed by atoms with Crippen LogP contribution in [0.5, 0.6) is 0 Å². The summed E-state index contributed by atoms with van der Waals surface area (Å²) in [5.74, 6) is -0.687. The number of hydrogen-bond acceptors (Lipinski definition) is 4. The first kappa shape index (κ1) is 19.2. The van der Waals surface area contributed by atoms with E-state index in [4.69, 9.17) is 9.47 Å². The molecule has 0 bridgehead atoms. The molecule has 0 aliphatic heterocycles. The van der Waals surface area contributed by atoms with E-state index >= 15 is 0 Å². The van der Waals surface area contributed by atoms with Gasteiger partial charge in [-0.25, -0.2) is 9.59 Å². The SMILES string of the molecule is COC(=O)c1cc(Cc2cccc3ccccc23)c(C(=O)OC)c2c1CCCC2. The Morgan fingerprint density at radius 1 is 0.828 bits per heavy atom. The molecule has 0 amide bonds. The molecule has 148 valence electrons. The number of ether oxygens (including phenoxy) is 2. The predicted molar refractivity (Wildman–Crippen MR) is 113 cm³/mol. The lowest BCUT2D eigenvalue weighted by Crippen LogP contribution is -2.20. The fraction of sp³-hybridized carbons (Fsp3) is 0.280. The number of hydrogen-bond donors (Lipinski definition) is 0. The van der Waals surface area contributed by atoms with Gasteiger partial charge in [-0.2, -0.15) is 0 Å². The molecule has 0 unspecified atom stereocenters. The first-order chi connectivity index (χ1) is 14.1. The topological polar surface area (TPSA) is 52.6 Å². The number of rotatable bonds is 4. The van der Waals surface area contributed by atoms with Gasteiger partial charge < -0.3 is 9.47 Å². The molecule has 3 aromatic carbocycles. The second-order valence-electron chi connectivity index (χ2n) is 7.42. The maximum atomic E-state index is 12.8. The van der Waals surface area contributed by atoms with Crippen LogP contribution in [0.3, 0.4) is 0 Å². The highest BCUT2D eigenvalue weighted by Crippen LogP contribution is 2.33. The van der Waals surface area contributed by atoms with Gasteiger partial charge in [0.15, 0.2) is 0 Å². The zero-order chi connectivity index (χ0) is 20.4. The van der Waals surface area contributed by atoms with E-state index in [0.29, 0.717) is 17.5 Å². The van der Waals surface area contributed by atoms with Crippen LogP contribution in [-0.4, -0.2) is 26.2 Å². The third-order valence-electron chi connectivity index (χ3n) is 5.79. The van der Waals surface area contributed by atoms with Gasteiger partial charge >= 0.3 is 11.9 Å². The predicted octanol–water partition coefficient (Wildman–Crippen LogP) is 4.88. The zero-order valence-electron chi connectivity index (χ0n) is 16.8. The quantitative estimate of drug-likeness (QED) is 0.598. The summed E-state index contributed by atoms with van der Waals surface area (Å²) < 4.78 is 10.2. The van der Waals surface area contributed by atoms with Gasteiger partial charge in [0.2, 0.25) is 0 Å². The molecule has 4 heteroatoms. The number of fused-ring (bicyclic) bond motifs is 2. The van der Waals surface area contributed by atoms with E-state index < -0.39 is 0 Å². The van der Waals surface area contributed by atoms with Crippen LogP contribution in [0.4, 0.5) is 0 Å². The Morgan fingerprint density at radius 3 is 2.28 bits per heavy atom. The molecule has 0 radical (unpaired) electrons. The van der Waals surface area contributed by atoms with Crippen molar-refractivity contribution in [3.8, 4) is 0 Å². The highest BCUT2D eigenvalue weighted by atomic mass is 16.5. The number of methoxy groups -OCH3 is 2. The van der Waals surface area contributed by atoms with Gasteiger partial charge in [0, 0.05) is 0 Å². The van der Waals surface area contributed by atoms with Crippen molar-refractivity contribution in [2.24, 2.45) is 0 Å². The molecule has 0 aromatic heterocycles. The summed E-state index contributed by atoms with van der Waals surface area (Å²) in [6, 6.07) is 16.2. The third kappa shape index (κ3) is 3.51. The summed E-state index contributed by atoms with van der Waals surface area (Å²) in [7, 11) is 2.81. The maximum Gasteiger partial charge on any atom is 0.338 e. The van der Waals surface area contributed by atoms with Crippen LogP contribution >= 0.6 is 0 Å². The Hall–Kier alpha value is -3.14. The first-order valence-electron chi connectivity index (χ1n) is 9.95. The Kier molecular flexibility index (Phi) is 5.34. The molecule has 1 aliphatic rings. The molecule has 0 saturated carbocycles. The Balaban J connectivity index is 1.93. The summed E-state index contributed by atoms with van der Waals surface area (Å²) in [6.07, 6.45) is 4.09. The van der Waals surface area contributed by atoms with Gasteiger partial charge in [0.05, 0.1) is 25.3 Å². The number of carbonyl (C=O) groups excluding carboxylic acids is 2. The van der Waals surface area contributed by atoms with Crippen LogP contribution < -0.4 is 0 Å². The van der Waals surface area contributed by atoms with E-state index in [2.05, 4.69) is 24.3 Å². The van der Waals surface area contributed by atoms with E-state index in [-0.39, 0.29) is 11.9 Å². The smallest absolute Gasteiger partial charge is 0.338 e. The van der Waals surface area contributed by atoms with Crippen molar-refractivity contribution in [3.05, 3.63) is 81.9 Å². The Labute approximate surface area is 170 Å². The summed E-state index contributed by atoms with van der Waals surface area (Å²) in [5, 5.41) is 2.29. The van der Waals surface area contributed by atoms with E-state index in [1.54, 1.807) is 0 Å². The van der Waals surface area contributed by atoms with Crippen molar-refractivity contribution in [3.63, 3.8) is 0 Å². The monoisotopic (exact) mass is 388 g/mol. The molecule has 3 aromatic rings. The van der Waals surface area contributed by atoms with E-state index in [0.717, 1.165) is 58.7 Å². The number of carbonyl (C=O) groups is 2. The van der Waals surface area contributed by atoms with Crippen LogP contribution in [-0.2, 0) is 28.7 Å². The van der Waals surface area contributed by atoms with Gasteiger partial charge in [0.25, 0.3) is 0 Å².